The second kappa shape index (κ2) is 13.7. The van der Waals surface area contributed by atoms with E-state index in [4.69, 9.17) is 9.47 Å². The van der Waals surface area contributed by atoms with Gasteiger partial charge in [0.25, 0.3) is 0 Å². The van der Waals surface area contributed by atoms with Crippen molar-refractivity contribution in [3.05, 3.63) is 95.1 Å². The molecule has 1 atom stereocenters. The van der Waals surface area contributed by atoms with Crippen LogP contribution in [0.2, 0.25) is 0 Å². The fourth-order valence-electron chi connectivity index (χ4n) is 4.71. The monoisotopic (exact) mass is 514 g/mol. The first-order valence-electron chi connectivity index (χ1n) is 13.6. The van der Waals surface area contributed by atoms with Gasteiger partial charge in [0.1, 0.15) is 19.3 Å². The average Bonchev–Trinajstić information content (AvgIpc) is 2.94. The summed E-state index contributed by atoms with van der Waals surface area (Å²) in [6.45, 7) is 6.18. The Bertz CT molecular complexity index is 1210. The first-order chi connectivity index (χ1) is 18.5. The number of amides is 2. The molecule has 1 aliphatic rings. The highest BCUT2D eigenvalue weighted by Gasteiger charge is 2.30. The smallest absolute Gasteiger partial charge is 0.243 e. The van der Waals surface area contributed by atoms with Crippen molar-refractivity contribution >= 4 is 11.8 Å². The number of carbonyl (C=O) groups is 2. The van der Waals surface area contributed by atoms with Crippen LogP contribution in [0, 0.1) is 6.92 Å². The van der Waals surface area contributed by atoms with Gasteiger partial charge < -0.3 is 19.7 Å². The van der Waals surface area contributed by atoms with E-state index in [1.54, 1.807) is 4.90 Å². The van der Waals surface area contributed by atoms with Gasteiger partial charge in [-0.25, -0.2) is 0 Å². The van der Waals surface area contributed by atoms with Crippen molar-refractivity contribution in [2.24, 2.45) is 0 Å². The molecule has 3 aromatic rings. The molecule has 0 radical (unpaired) electrons. The predicted molar refractivity (Wildman–Crippen MR) is 149 cm³/mol. The van der Waals surface area contributed by atoms with Gasteiger partial charge in [-0.2, -0.15) is 0 Å². The zero-order valence-electron chi connectivity index (χ0n) is 22.4. The fraction of sp³-hybridized carbons (Fsp3) is 0.375. The van der Waals surface area contributed by atoms with Crippen LogP contribution in [0.25, 0.3) is 0 Å². The molecule has 200 valence electrons. The Balaban J connectivity index is 1.57. The topological polar surface area (TPSA) is 67.9 Å². The maximum atomic E-state index is 13.9. The van der Waals surface area contributed by atoms with E-state index in [9.17, 15) is 9.59 Å². The number of ether oxygens (including phenoxy) is 2. The number of carbonyl (C=O) groups excluding carboxylic acids is 2. The molecule has 1 N–H and O–H groups in total. The van der Waals surface area contributed by atoms with Gasteiger partial charge in [0.2, 0.25) is 11.8 Å². The Labute approximate surface area is 226 Å². The van der Waals surface area contributed by atoms with E-state index in [1.165, 1.54) is 0 Å². The van der Waals surface area contributed by atoms with Gasteiger partial charge in [-0.05, 0) is 48.6 Å². The van der Waals surface area contributed by atoms with Crippen molar-refractivity contribution in [2.45, 2.75) is 58.5 Å². The van der Waals surface area contributed by atoms with Crippen molar-refractivity contribution in [1.82, 2.24) is 10.2 Å². The molecule has 0 aliphatic carbocycles. The van der Waals surface area contributed by atoms with Crippen LogP contribution in [0.15, 0.2) is 72.8 Å². The van der Waals surface area contributed by atoms with Crippen LogP contribution in [0.3, 0.4) is 0 Å². The van der Waals surface area contributed by atoms with Gasteiger partial charge in [-0.1, -0.05) is 79.6 Å². The van der Waals surface area contributed by atoms with Crippen molar-refractivity contribution in [3.63, 3.8) is 0 Å². The first kappa shape index (κ1) is 27.2. The summed E-state index contributed by atoms with van der Waals surface area (Å²) in [5.41, 5.74) is 4.16. The van der Waals surface area contributed by atoms with Crippen LogP contribution >= 0.6 is 0 Å². The molecule has 0 fully saturated rings. The van der Waals surface area contributed by atoms with Crippen molar-refractivity contribution in [1.29, 1.82) is 0 Å². The summed E-state index contributed by atoms with van der Waals surface area (Å²) in [6.07, 6.45) is 3.19. The van der Waals surface area contributed by atoms with Crippen molar-refractivity contribution < 1.29 is 19.1 Å². The minimum atomic E-state index is -0.609. The third-order valence-electron chi connectivity index (χ3n) is 6.77. The first-order valence-corrected chi connectivity index (χ1v) is 13.6. The summed E-state index contributed by atoms with van der Waals surface area (Å²) in [5.74, 6) is 1.30. The van der Waals surface area contributed by atoms with E-state index in [-0.39, 0.29) is 11.8 Å². The third kappa shape index (κ3) is 7.60. The Morgan fingerprint density at radius 1 is 0.895 bits per heavy atom. The molecular weight excluding hydrogens is 476 g/mol. The van der Waals surface area contributed by atoms with E-state index >= 15 is 0 Å². The SMILES string of the molecule is CCCCNC(=O)[C@@H](Cc1ccccc1)N(Cc1cccc(C)c1)C(=O)CCc1ccc2c(c1)OCCO2. The standard InChI is InChI=1S/C32H38N2O4/c1-3-4-17-33-32(36)28(21-25-10-6-5-7-11-25)34(23-27-12-8-9-24(2)20-27)31(35)16-14-26-13-15-29-30(22-26)38-19-18-37-29/h5-13,15,20,22,28H,3-4,14,16-19,21,23H2,1-2H3,(H,33,36)/t28-/m1/s1. The lowest BCUT2D eigenvalue weighted by atomic mass is 10.0. The van der Waals surface area contributed by atoms with Crippen LogP contribution < -0.4 is 14.8 Å². The average molecular weight is 515 g/mol. The molecule has 38 heavy (non-hydrogen) atoms. The number of nitrogens with one attached hydrogen (secondary N) is 1. The molecule has 0 bridgehead atoms. The van der Waals surface area contributed by atoms with Gasteiger partial charge in [0.05, 0.1) is 0 Å². The quantitative estimate of drug-likeness (QED) is 0.335. The maximum absolute atomic E-state index is 13.9. The van der Waals surface area contributed by atoms with Gasteiger partial charge in [-0.3, -0.25) is 9.59 Å². The van der Waals surface area contributed by atoms with E-state index in [2.05, 4.69) is 18.3 Å². The molecule has 0 unspecified atom stereocenters. The van der Waals surface area contributed by atoms with Gasteiger partial charge in [-0.15, -0.1) is 0 Å². The highest BCUT2D eigenvalue weighted by atomic mass is 16.6. The lowest BCUT2D eigenvalue weighted by Gasteiger charge is -2.32. The lowest BCUT2D eigenvalue weighted by Crippen LogP contribution is -2.50. The minimum absolute atomic E-state index is 0.0482. The largest absolute Gasteiger partial charge is 0.486 e. The third-order valence-corrected chi connectivity index (χ3v) is 6.77. The van der Waals surface area contributed by atoms with Crippen LogP contribution in [0.4, 0.5) is 0 Å². The number of hydrogen-bond donors (Lipinski definition) is 1. The van der Waals surface area contributed by atoms with E-state index < -0.39 is 6.04 Å². The van der Waals surface area contributed by atoms with E-state index in [1.807, 2.05) is 73.7 Å². The summed E-state index contributed by atoms with van der Waals surface area (Å²) in [4.78, 5) is 29.1. The highest BCUT2D eigenvalue weighted by molar-refractivity contribution is 5.88. The summed E-state index contributed by atoms with van der Waals surface area (Å²) in [5, 5.41) is 3.08. The summed E-state index contributed by atoms with van der Waals surface area (Å²) < 4.78 is 11.3. The second-order valence-electron chi connectivity index (χ2n) is 9.84. The van der Waals surface area contributed by atoms with Crippen LogP contribution in [-0.2, 0) is 29.0 Å². The molecule has 0 aromatic heterocycles. The number of fused-ring (bicyclic) bond motifs is 1. The molecule has 3 aromatic carbocycles. The summed E-state index contributed by atoms with van der Waals surface area (Å²) in [6, 6.07) is 23.3. The van der Waals surface area contributed by atoms with Crippen LogP contribution in [-0.4, -0.2) is 42.5 Å². The molecule has 1 heterocycles. The number of hydrogen-bond acceptors (Lipinski definition) is 4. The predicted octanol–water partition coefficient (Wildman–Crippen LogP) is 5.26. The normalized spacial score (nSPS) is 13.0. The molecular formula is C32H38N2O4. The van der Waals surface area contributed by atoms with Crippen molar-refractivity contribution in [2.75, 3.05) is 19.8 Å². The fourth-order valence-corrected chi connectivity index (χ4v) is 4.71. The number of nitrogens with zero attached hydrogens (tertiary/aromatic N) is 1. The van der Waals surface area contributed by atoms with Gasteiger partial charge in [0, 0.05) is 25.9 Å². The zero-order chi connectivity index (χ0) is 26.7. The number of rotatable bonds is 12. The number of aryl methyl sites for hydroxylation is 2. The minimum Gasteiger partial charge on any atom is -0.486 e. The van der Waals surface area contributed by atoms with Crippen molar-refractivity contribution in [3.8, 4) is 11.5 Å². The molecule has 0 saturated carbocycles. The van der Waals surface area contributed by atoms with Gasteiger partial charge in [0.15, 0.2) is 11.5 Å². The second-order valence-corrected chi connectivity index (χ2v) is 9.84. The summed E-state index contributed by atoms with van der Waals surface area (Å²) in [7, 11) is 0. The number of unbranched alkanes of at least 4 members (excludes halogenated alkanes) is 1. The molecule has 6 nitrogen and oxygen atoms in total. The molecule has 0 spiro atoms. The molecule has 1 aliphatic heterocycles. The van der Waals surface area contributed by atoms with Crippen LogP contribution in [0.1, 0.15) is 48.4 Å². The maximum Gasteiger partial charge on any atom is 0.243 e. The number of benzene rings is 3. The Hall–Kier alpha value is -3.80. The van der Waals surface area contributed by atoms with Crippen LogP contribution in [0.5, 0.6) is 11.5 Å². The van der Waals surface area contributed by atoms with E-state index in [0.717, 1.165) is 46.6 Å². The molecule has 4 rings (SSSR count). The molecule has 6 heteroatoms. The molecule has 0 saturated heterocycles. The molecule has 2 amide bonds. The Morgan fingerprint density at radius 2 is 1.66 bits per heavy atom. The summed E-state index contributed by atoms with van der Waals surface area (Å²) >= 11 is 0. The van der Waals surface area contributed by atoms with Gasteiger partial charge >= 0.3 is 0 Å². The highest BCUT2D eigenvalue weighted by Crippen LogP contribution is 2.31. The Kier molecular flexibility index (Phi) is 9.79. The zero-order valence-corrected chi connectivity index (χ0v) is 22.4. The van der Waals surface area contributed by atoms with E-state index in [0.29, 0.717) is 45.6 Å². The Morgan fingerprint density at radius 3 is 2.42 bits per heavy atom. The lowest BCUT2D eigenvalue weighted by molar-refractivity contribution is -0.141.